The van der Waals surface area contributed by atoms with Crippen LogP contribution in [0.2, 0.25) is 0 Å². The second-order valence-electron chi connectivity index (χ2n) is 7.54. The molecule has 132 valence electrons. The monoisotopic (exact) mass is 334 g/mol. The van der Waals surface area contributed by atoms with Gasteiger partial charge in [-0.2, -0.15) is 0 Å². The van der Waals surface area contributed by atoms with Crippen molar-refractivity contribution in [3.63, 3.8) is 0 Å². The van der Waals surface area contributed by atoms with Crippen LogP contribution in [0.4, 0.5) is 10.5 Å². The Kier molecular flexibility index (Phi) is 4.22. The van der Waals surface area contributed by atoms with Crippen molar-refractivity contribution in [1.82, 2.24) is 15.4 Å². The Labute approximate surface area is 142 Å². The highest BCUT2D eigenvalue weighted by Crippen LogP contribution is 2.34. The summed E-state index contributed by atoms with van der Waals surface area (Å²) in [5.41, 5.74) is 1.37. The van der Waals surface area contributed by atoms with Crippen LogP contribution in [0.25, 0.3) is 0 Å². The second kappa shape index (κ2) is 6.37. The Morgan fingerprint density at radius 2 is 1.96 bits per heavy atom. The number of likely N-dealkylation sites (tertiary alicyclic amines) is 1. The third-order valence-corrected chi connectivity index (χ3v) is 5.45. The van der Waals surface area contributed by atoms with Crippen molar-refractivity contribution < 1.29 is 14.1 Å². The summed E-state index contributed by atoms with van der Waals surface area (Å²) in [6, 6.07) is -0.00313. The average molecular weight is 334 g/mol. The quantitative estimate of drug-likeness (QED) is 0.877. The SMILES string of the molecule is Cc1noc(C)c1NC(=O)NC1C2COCC1CN(CC1CC1)C2. The largest absolute Gasteiger partial charge is 0.381 e. The minimum atomic E-state index is -0.179. The number of hydrogen-bond acceptors (Lipinski definition) is 5. The summed E-state index contributed by atoms with van der Waals surface area (Å²) in [7, 11) is 0. The highest BCUT2D eigenvalue weighted by atomic mass is 16.5. The molecule has 2 amide bonds. The number of ether oxygens (including phenoxy) is 1. The summed E-state index contributed by atoms with van der Waals surface area (Å²) < 4.78 is 10.8. The maximum atomic E-state index is 12.4. The molecule has 24 heavy (non-hydrogen) atoms. The van der Waals surface area contributed by atoms with Crippen LogP contribution in [-0.4, -0.2) is 55.0 Å². The van der Waals surface area contributed by atoms with Gasteiger partial charge in [0.25, 0.3) is 0 Å². The summed E-state index contributed by atoms with van der Waals surface area (Å²) in [5.74, 6) is 2.27. The number of carbonyl (C=O) groups is 1. The summed E-state index contributed by atoms with van der Waals surface area (Å²) >= 11 is 0. The Balaban J connectivity index is 1.37. The molecule has 7 nitrogen and oxygen atoms in total. The van der Waals surface area contributed by atoms with Gasteiger partial charge in [-0.15, -0.1) is 0 Å². The zero-order valence-corrected chi connectivity index (χ0v) is 14.4. The molecule has 1 saturated carbocycles. The number of fused-ring (bicyclic) bond motifs is 2. The number of aromatic nitrogens is 1. The van der Waals surface area contributed by atoms with Crippen LogP contribution in [-0.2, 0) is 4.74 Å². The van der Waals surface area contributed by atoms with Crippen LogP contribution in [0.15, 0.2) is 4.52 Å². The zero-order valence-electron chi connectivity index (χ0n) is 14.4. The Morgan fingerprint density at radius 1 is 1.25 bits per heavy atom. The second-order valence-corrected chi connectivity index (χ2v) is 7.54. The normalized spacial score (nSPS) is 30.2. The minimum Gasteiger partial charge on any atom is -0.381 e. The fourth-order valence-corrected chi connectivity index (χ4v) is 4.05. The Bertz CT molecular complexity index is 579. The molecule has 2 N–H and O–H groups in total. The van der Waals surface area contributed by atoms with Gasteiger partial charge in [0.15, 0.2) is 5.76 Å². The molecule has 1 aromatic heterocycles. The Morgan fingerprint density at radius 3 is 2.54 bits per heavy atom. The first-order valence-electron chi connectivity index (χ1n) is 8.90. The molecule has 0 radical (unpaired) electrons. The third kappa shape index (κ3) is 3.28. The van der Waals surface area contributed by atoms with Gasteiger partial charge >= 0.3 is 6.03 Å². The molecule has 0 aromatic carbocycles. The third-order valence-electron chi connectivity index (χ3n) is 5.45. The summed E-state index contributed by atoms with van der Waals surface area (Å²) in [4.78, 5) is 15.0. The molecule has 3 aliphatic rings. The number of rotatable bonds is 4. The summed E-state index contributed by atoms with van der Waals surface area (Å²) in [6.45, 7) is 8.33. The van der Waals surface area contributed by atoms with Crippen LogP contribution >= 0.6 is 0 Å². The summed E-state index contributed by atoms with van der Waals surface area (Å²) in [5, 5.41) is 9.94. The molecule has 7 heteroatoms. The standard InChI is InChI=1S/C17H26N4O3/c1-10-15(11(2)24-20-10)18-17(22)19-16-13-6-21(5-12-3-4-12)7-14(16)9-23-8-13/h12-14,16H,3-9H2,1-2H3,(H2,18,19,22). The maximum absolute atomic E-state index is 12.4. The highest BCUT2D eigenvalue weighted by Gasteiger charge is 2.42. The van der Waals surface area contributed by atoms with Crippen LogP contribution in [0.3, 0.4) is 0 Å². The van der Waals surface area contributed by atoms with Gasteiger partial charge in [-0.3, -0.25) is 0 Å². The van der Waals surface area contributed by atoms with E-state index in [0.29, 0.717) is 29.0 Å². The van der Waals surface area contributed by atoms with Crippen molar-refractivity contribution in [3.05, 3.63) is 11.5 Å². The van der Waals surface area contributed by atoms with Gasteiger partial charge in [-0.25, -0.2) is 4.79 Å². The predicted molar refractivity (Wildman–Crippen MR) is 88.9 cm³/mol. The first-order valence-corrected chi connectivity index (χ1v) is 8.90. The van der Waals surface area contributed by atoms with E-state index in [1.165, 1.54) is 19.4 Å². The molecule has 1 aliphatic carbocycles. The van der Waals surface area contributed by atoms with E-state index in [9.17, 15) is 4.79 Å². The summed E-state index contributed by atoms with van der Waals surface area (Å²) in [6.07, 6.45) is 2.76. The van der Waals surface area contributed by atoms with Gasteiger partial charge < -0.3 is 24.8 Å². The Hall–Kier alpha value is -1.60. The van der Waals surface area contributed by atoms with E-state index in [1.807, 2.05) is 6.92 Å². The number of amides is 2. The number of nitrogens with zero attached hydrogens (tertiary/aromatic N) is 2. The number of hydrogen-bond donors (Lipinski definition) is 2. The van der Waals surface area contributed by atoms with Crippen LogP contribution in [0.1, 0.15) is 24.3 Å². The molecule has 2 saturated heterocycles. The van der Waals surface area contributed by atoms with Gasteiger partial charge in [0.2, 0.25) is 0 Å². The van der Waals surface area contributed by atoms with Crippen LogP contribution in [0, 0.1) is 31.6 Å². The first-order chi connectivity index (χ1) is 11.6. The lowest BCUT2D eigenvalue weighted by atomic mass is 9.82. The van der Waals surface area contributed by atoms with Gasteiger partial charge in [0.1, 0.15) is 11.4 Å². The van der Waals surface area contributed by atoms with E-state index >= 15 is 0 Å². The van der Waals surface area contributed by atoms with Crippen molar-refractivity contribution >= 4 is 11.7 Å². The van der Waals surface area contributed by atoms with Crippen molar-refractivity contribution in [1.29, 1.82) is 0 Å². The first kappa shape index (κ1) is 15.9. The zero-order chi connectivity index (χ0) is 16.7. The van der Waals surface area contributed by atoms with Gasteiger partial charge in [0, 0.05) is 37.5 Å². The molecule has 3 fully saturated rings. The molecule has 2 unspecified atom stereocenters. The predicted octanol–water partition coefficient (Wildman–Crippen LogP) is 1.77. The molecule has 2 aliphatic heterocycles. The molecule has 0 spiro atoms. The molecule has 3 heterocycles. The van der Waals surface area contributed by atoms with Crippen molar-refractivity contribution in [2.75, 3.05) is 38.2 Å². The number of carbonyl (C=O) groups excluding carboxylic acids is 1. The molecule has 2 atom stereocenters. The fraction of sp³-hybridized carbons (Fsp3) is 0.765. The van der Waals surface area contributed by atoms with Crippen LogP contribution < -0.4 is 10.6 Å². The van der Waals surface area contributed by atoms with Crippen molar-refractivity contribution in [3.8, 4) is 0 Å². The number of anilines is 1. The van der Waals surface area contributed by atoms with E-state index in [4.69, 9.17) is 9.26 Å². The van der Waals surface area contributed by atoms with Gasteiger partial charge in [-0.1, -0.05) is 5.16 Å². The van der Waals surface area contributed by atoms with Crippen molar-refractivity contribution in [2.24, 2.45) is 17.8 Å². The number of urea groups is 1. The van der Waals surface area contributed by atoms with Crippen LogP contribution in [0.5, 0.6) is 0 Å². The average Bonchev–Trinajstić information content (AvgIpc) is 3.29. The van der Waals surface area contributed by atoms with Gasteiger partial charge in [-0.05, 0) is 32.6 Å². The lowest BCUT2D eigenvalue weighted by molar-refractivity contribution is -0.0617. The molecule has 1 aromatic rings. The maximum Gasteiger partial charge on any atom is 0.319 e. The minimum absolute atomic E-state index is 0.176. The van der Waals surface area contributed by atoms with E-state index in [1.54, 1.807) is 6.92 Å². The van der Waals surface area contributed by atoms with E-state index in [-0.39, 0.29) is 12.1 Å². The molecule has 4 rings (SSSR count). The number of aryl methyl sites for hydroxylation is 2. The lowest BCUT2D eigenvalue weighted by Gasteiger charge is -2.47. The number of nitrogens with one attached hydrogen (secondary N) is 2. The van der Waals surface area contributed by atoms with E-state index in [2.05, 4.69) is 20.7 Å². The molecular weight excluding hydrogens is 308 g/mol. The fourth-order valence-electron chi connectivity index (χ4n) is 4.05. The molecular formula is C17H26N4O3. The van der Waals surface area contributed by atoms with E-state index < -0.39 is 0 Å². The topological polar surface area (TPSA) is 79.6 Å². The van der Waals surface area contributed by atoms with Gasteiger partial charge in [0.05, 0.1) is 13.2 Å². The van der Waals surface area contributed by atoms with Crippen molar-refractivity contribution in [2.45, 2.75) is 32.7 Å². The van der Waals surface area contributed by atoms with E-state index in [0.717, 1.165) is 32.2 Å². The lowest BCUT2D eigenvalue weighted by Crippen LogP contribution is -2.62. The smallest absolute Gasteiger partial charge is 0.319 e. The highest BCUT2D eigenvalue weighted by molar-refractivity contribution is 5.90. The number of piperidine rings is 1. The molecule has 2 bridgehead atoms.